The first kappa shape index (κ1) is 16.9. The standard InChI is InChI=1S/C12H19BrN2O.BrH/c1-14(9-5-7-13)8-2-3-10-15-11-4-6-12(15)16;/h4-11H2,1H3;1H. The Morgan fingerprint density at radius 1 is 1.47 bits per heavy atom. The van der Waals surface area contributed by atoms with Gasteiger partial charge >= 0.3 is 0 Å². The van der Waals surface area contributed by atoms with E-state index in [0.29, 0.717) is 13.0 Å². The maximum Gasteiger partial charge on any atom is 0.223 e. The molecule has 0 N–H and O–H groups in total. The Morgan fingerprint density at radius 2 is 2.24 bits per heavy atom. The molecular weight excluding hydrogens is 348 g/mol. The fourth-order valence-corrected chi connectivity index (χ4v) is 1.87. The average Bonchev–Trinajstić information content (AvgIpc) is 2.67. The van der Waals surface area contributed by atoms with Gasteiger partial charge in [0.1, 0.15) is 0 Å². The summed E-state index contributed by atoms with van der Waals surface area (Å²) >= 11 is 3.40. The van der Waals surface area contributed by atoms with Gasteiger partial charge in [-0.15, -0.1) is 17.0 Å². The molecule has 0 aliphatic carbocycles. The molecule has 0 spiro atoms. The Bertz CT molecular complexity index is 286. The fourth-order valence-electron chi connectivity index (χ4n) is 1.62. The summed E-state index contributed by atoms with van der Waals surface area (Å²) in [5, 5.41) is 1.03. The van der Waals surface area contributed by atoms with Crippen LogP contribution in [0.2, 0.25) is 0 Å². The summed E-state index contributed by atoms with van der Waals surface area (Å²) in [6, 6.07) is 0. The minimum Gasteiger partial charge on any atom is -0.332 e. The van der Waals surface area contributed by atoms with Crippen molar-refractivity contribution in [2.75, 3.05) is 38.6 Å². The van der Waals surface area contributed by atoms with Crippen LogP contribution in [0.4, 0.5) is 0 Å². The minimum absolute atomic E-state index is 0. The van der Waals surface area contributed by atoms with Gasteiger partial charge in [0.25, 0.3) is 0 Å². The number of carbonyl (C=O) groups is 1. The topological polar surface area (TPSA) is 23.6 Å². The second-order valence-electron chi connectivity index (χ2n) is 4.05. The molecule has 1 saturated heterocycles. The Hall–Kier alpha value is -0.0500. The van der Waals surface area contributed by atoms with Gasteiger partial charge in [-0.1, -0.05) is 27.8 Å². The van der Waals surface area contributed by atoms with Crippen molar-refractivity contribution in [2.24, 2.45) is 0 Å². The molecule has 0 unspecified atom stereocenters. The summed E-state index contributed by atoms with van der Waals surface area (Å²) in [5.41, 5.74) is 0. The molecule has 0 atom stereocenters. The summed E-state index contributed by atoms with van der Waals surface area (Å²) in [7, 11) is 2.07. The van der Waals surface area contributed by atoms with Gasteiger partial charge in [-0.2, -0.15) is 0 Å². The summed E-state index contributed by atoms with van der Waals surface area (Å²) < 4.78 is 0. The number of carbonyl (C=O) groups excluding carboxylic acids is 1. The monoisotopic (exact) mass is 366 g/mol. The van der Waals surface area contributed by atoms with Crippen molar-refractivity contribution in [1.29, 1.82) is 0 Å². The van der Waals surface area contributed by atoms with Crippen LogP contribution in [0.25, 0.3) is 0 Å². The van der Waals surface area contributed by atoms with Crippen molar-refractivity contribution in [3.63, 3.8) is 0 Å². The van der Waals surface area contributed by atoms with Gasteiger partial charge in [-0.05, 0) is 26.4 Å². The van der Waals surface area contributed by atoms with Crippen molar-refractivity contribution >= 4 is 38.8 Å². The zero-order valence-corrected chi connectivity index (χ0v) is 13.5. The molecule has 0 bridgehead atoms. The van der Waals surface area contributed by atoms with Crippen LogP contribution in [0.1, 0.15) is 19.3 Å². The van der Waals surface area contributed by atoms with E-state index in [-0.39, 0.29) is 22.9 Å². The second kappa shape index (κ2) is 9.93. The second-order valence-corrected chi connectivity index (χ2v) is 4.85. The molecule has 1 amide bonds. The molecule has 1 aliphatic rings. The van der Waals surface area contributed by atoms with Gasteiger partial charge in [0, 0.05) is 18.3 Å². The van der Waals surface area contributed by atoms with Crippen LogP contribution >= 0.6 is 32.9 Å². The average molecular weight is 368 g/mol. The van der Waals surface area contributed by atoms with E-state index in [2.05, 4.69) is 39.7 Å². The zero-order valence-electron chi connectivity index (χ0n) is 10.2. The molecule has 1 fully saturated rings. The summed E-state index contributed by atoms with van der Waals surface area (Å²) in [4.78, 5) is 15.3. The SMILES string of the molecule is Br.CN(CC#CCN1CCCC1=O)CCCBr. The van der Waals surface area contributed by atoms with Crippen molar-refractivity contribution < 1.29 is 4.79 Å². The first-order valence-corrected chi connectivity index (χ1v) is 6.84. The normalized spacial score (nSPS) is 14.5. The summed E-state index contributed by atoms with van der Waals surface area (Å²) in [6.45, 7) is 3.33. The number of likely N-dealkylation sites (tertiary alicyclic amines) is 1. The van der Waals surface area contributed by atoms with Gasteiger partial charge < -0.3 is 4.90 Å². The van der Waals surface area contributed by atoms with Crippen molar-refractivity contribution in [3.05, 3.63) is 0 Å². The van der Waals surface area contributed by atoms with E-state index in [1.165, 1.54) is 0 Å². The lowest BCUT2D eigenvalue weighted by Crippen LogP contribution is -2.25. The molecule has 98 valence electrons. The molecule has 1 aliphatic heterocycles. The number of amides is 1. The lowest BCUT2D eigenvalue weighted by molar-refractivity contribution is -0.127. The largest absolute Gasteiger partial charge is 0.332 e. The first-order chi connectivity index (χ1) is 7.74. The molecule has 1 heterocycles. The van der Waals surface area contributed by atoms with Crippen LogP contribution in [0.15, 0.2) is 0 Å². The molecule has 17 heavy (non-hydrogen) atoms. The van der Waals surface area contributed by atoms with Crippen LogP contribution in [-0.4, -0.2) is 54.3 Å². The van der Waals surface area contributed by atoms with Crippen LogP contribution in [0.5, 0.6) is 0 Å². The molecule has 0 aromatic heterocycles. The third-order valence-corrected chi connectivity index (χ3v) is 3.15. The van der Waals surface area contributed by atoms with E-state index in [1.54, 1.807) is 0 Å². The van der Waals surface area contributed by atoms with Gasteiger partial charge in [-0.3, -0.25) is 9.69 Å². The van der Waals surface area contributed by atoms with Crippen molar-refractivity contribution in [2.45, 2.75) is 19.3 Å². The number of hydrogen-bond acceptors (Lipinski definition) is 2. The quantitative estimate of drug-likeness (QED) is 0.547. The van der Waals surface area contributed by atoms with E-state index in [4.69, 9.17) is 0 Å². The number of rotatable bonds is 5. The number of nitrogens with zero attached hydrogens (tertiary/aromatic N) is 2. The number of hydrogen-bond donors (Lipinski definition) is 0. The highest BCUT2D eigenvalue weighted by atomic mass is 79.9. The highest BCUT2D eigenvalue weighted by Crippen LogP contribution is 2.07. The highest BCUT2D eigenvalue weighted by molar-refractivity contribution is 9.09. The summed E-state index contributed by atoms with van der Waals surface area (Å²) in [5.74, 6) is 6.43. The Balaban J connectivity index is 0.00000256. The molecule has 3 nitrogen and oxygen atoms in total. The maximum absolute atomic E-state index is 11.3. The van der Waals surface area contributed by atoms with Gasteiger partial charge in [-0.25, -0.2) is 0 Å². The van der Waals surface area contributed by atoms with E-state index < -0.39 is 0 Å². The Morgan fingerprint density at radius 3 is 2.82 bits per heavy atom. The van der Waals surface area contributed by atoms with Crippen LogP contribution in [0.3, 0.4) is 0 Å². The summed E-state index contributed by atoms with van der Waals surface area (Å²) in [6.07, 6.45) is 2.83. The van der Waals surface area contributed by atoms with E-state index >= 15 is 0 Å². The van der Waals surface area contributed by atoms with E-state index in [0.717, 1.165) is 37.8 Å². The maximum atomic E-state index is 11.3. The lowest BCUT2D eigenvalue weighted by atomic mass is 10.4. The van der Waals surface area contributed by atoms with Crippen LogP contribution in [-0.2, 0) is 4.79 Å². The van der Waals surface area contributed by atoms with E-state index in [1.807, 2.05) is 4.90 Å². The molecule has 5 heteroatoms. The molecule has 1 rings (SSSR count). The van der Waals surface area contributed by atoms with Gasteiger partial charge in [0.15, 0.2) is 0 Å². The highest BCUT2D eigenvalue weighted by Gasteiger charge is 2.18. The third-order valence-electron chi connectivity index (χ3n) is 2.59. The van der Waals surface area contributed by atoms with Crippen molar-refractivity contribution in [1.82, 2.24) is 9.80 Å². The molecular formula is C12H20Br2N2O. The van der Waals surface area contributed by atoms with Crippen LogP contribution < -0.4 is 0 Å². The smallest absolute Gasteiger partial charge is 0.223 e. The molecule has 0 aromatic carbocycles. The molecule has 0 saturated carbocycles. The van der Waals surface area contributed by atoms with E-state index in [9.17, 15) is 4.79 Å². The van der Waals surface area contributed by atoms with Gasteiger partial charge in [0.2, 0.25) is 5.91 Å². The van der Waals surface area contributed by atoms with Crippen molar-refractivity contribution in [3.8, 4) is 11.8 Å². The predicted octanol–water partition coefficient (Wildman–Crippen LogP) is 1.91. The molecule has 0 aromatic rings. The number of alkyl halides is 1. The van der Waals surface area contributed by atoms with Gasteiger partial charge in [0.05, 0.1) is 13.1 Å². The fraction of sp³-hybridized carbons (Fsp3) is 0.750. The minimum atomic E-state index is 0. The number of halogens is 2. The first-order valence-electron chi connectivity index (χ1n) is 5.72. The Kier molecular flexibility index (Phi) is 9.90. The lowest BCUT2D eigenvalue weighted by Gasteiger charge is -2.12. The molecule has 0 radical (unpaired) electrons. The predicted molar refractivity (Wildman–Crippen MR) is 79.8 cm³/mol. The Labute approximate surface area is 123 Å². The zero-order chi connectivity index (χ0) is 11.8. The third kappa shape index (κ3) is 7.07. The van der Waals surface area contributed by atoms with Crippen LogP contribution in [0, 0.1) is 11.8 Å².